The van der Waals surface area contributed by atoms with Gasteiger partial charge >= 0.3 is 0 Å². The second-order valence-corrected chi connectivity index (χ2v) is 5.60. The highest BCUT2D eigenvalue weighted by atomic mass is 16.3. The zero-order valence-electron chi connectivity index (χ0n) is 13.1. The van der Waals surface area contributed by atoms with Crippen molar-refractivity contribution < 1.29 is 15.3 Å². The third-order valence-electron chi connectivity index (χ3n) is 3.91. The lowest BCUT2D eigenvalue weighted by molar-refractivity contribution is 0.283. The van der Waals surface area contributed by atoms with Gasteiger partial charge in [-0.05, 0) is 74.5 Å². The molecule has 0 heterocycles. The zero-order valence-corrected chi connectivity index (χ0v) is 13.1. The summed E-state index contributed by atoms with van der Waals surface area (Å²) in [4.78, 5) is 0. The quantitative estimate of drug-likeness (QED) is 0.519. The van der Waals surface area contributed by atoms with E-state index >= 15 is 0 Å². The smallest absolute Gasteiger partial charge is 0.0431 e. The highest BCUT2D eigenvalue weighted by molar-refractivity contribution is 5.36. The summed E-state index contributed by atoms with van der Waals surface area (Å²) in [5, 5.41) is 26.8. The largest absolute Gasteiger partial charge is 0.396 e. The molecule has 0 bridgehead atoms. The van der Waals surface area contributed by atoms with Gasteiger partial charge in [-0.1, -0.05) is 18.2 Å². The second-order valence-electron chi connectivity index (χ2n) is 5.60. The van der Waals surface area contributed by atoms with Crippen molar-refractivity contribution in [2.75, 3.05) is 19.8 Å². The molecule has 0 spiro atoms. The van der Waals surface area contributed by atoms with Crippen LogP contribution in [-0.4, -0.2) is 35.1 Å². The molecule has 0 aliphatic rings. The Balaban J connectivity index is 2.75. The number of hydrogen-bond donors (Lipinski definition) is 3. The fourth-order valence-electron chi connectivity index (χ4n) is 2.75. The Morgan fingerprint density at radius 3 is 1.43 bits per heavy atom. The molecule has 0 atom stereocenters. The molecule has 1 aromatic carbocycles. The maximum absolute atomic E-state index is 8.97. The molecule has 0 aliphatic carbocycles. The SMILES string of the molecule is OCCCCc1cccc(CCCCO)c1CCCCO. The predicted molar refractivity (Wildman–Crippen MR) is 86.5 cm³/mol. The van der Waals surface area contributed by atoms with E-state index < -0.39 is 0 Å². The Labute approximate surface area is 128 Å². The molecule has 0 amide bonds. The van der Waals surface area contributed by atoms with Crippen LogP contribution in [0.15, 0.2) is 18.2 Å². The molecule has 0 fully saturated rings. The molecule has 0 saturated carbocycles. The summed E-state index contributed by atoms with van der Waals surface area (Å²) >= 11 is 0. The molecule has 1 rings (SSSR count). The van der Waals surface area contributed by atoms with Crippen molar-refractivity contribution in [3.63, 3.8) is 0 Å². The summed E-state index contributed by atoms with van der Waals surface area (Å²) in [6.45, 7) is 0.776. The average molecular weight is 294 g/mol. The Morgan fingerprint density at radius 2 is 1.00 bits per heavy atom. The summed E-state index contributed by atoms with van der Waals surface area (Å²) in [6, 6.07) is 6.51. The first-order valence-corrected chi connectivity index (χ1v) is 8.25. The lowest BCUT2D eigenvalue weighted by atomic mass is 9.91. The van der Waals surface area contributed by atoms with Crippen molar-refractivity contribution >= 4 is 0 Å². The molecule has 0 unspecified atom stereocenters. The van der Waals surface area contributed by atoms with Crippen molar-refractivity contribution in [1.82, 2.24) is 0 Å². The molecular weight excluding hydrogens is 264 g/mol. The molecule has 3 nitrogen and oxygen atoms in total. The Hall–Kier alpha value is -0.900. The maximum Gasteiger partial charge on any atom is 0.0431 e. The van der Waals surface area contributed by atoms with E-state index in [1.165, 1.54) is 16.7 Å². The molecule has 3 N–H and O–H groups in total. The van der Waals surface area contributed by atoms with Crippen molar-refractivity contribution in [2.45, 2.75) is 57.8 Å². The van der Waals surface area contributed by atoms with E-state index in [4.69, 9.17) is 15.3 Å². The summed E-state index contributed by atoms with van der Waals surface area (Å²) in [5.41, 5.74) is 4.22. The number of aliphatic hydroxyl groups is 3. The van der Waals surface area contributed by atoms with Crippen LogP contribution in [0.1, 0.15) is 55.2 Å². The predicted octanol–water partition coefficient (Wildman–Crippen LogP) is 2.63. The fourth-order valence-corrected chi connectivity index (χ4v) is 2.75. The minimum absolute atomic E-state index is 0.256. The molecule has 0 radical (unpaired) electrons. The first-order chi connectivity index (χ1) is 10.3. The van der Waals surface area contributed by atoms with E-state index in [1.807, 2.05) is 0 Å². The van der Waals surface area contributed by atoms with E-state index in [0.29, 0.717) is 0 Å². The van der Waals surface area contributed by atoms with Crippen LogP contribution < -0.4 is 0 Å². The van der Waals surface area contributed by atoms with Gasteiger partial charge < -0.3 is 15.3 Å². The number of hydrogen-bond acceptors (Lipinski definition) is 3. The fraction of sp³-hybridized carbons (Fsp3) is 0.667. The van der Waals surface area contributed by atoms with Crippen LogP contribution in [0.3, 0.4) is 0 Å². The minimum atomic E-state index is 0.256. The second kappa shape index (κ2) is 11.7. The van der Waals surface area contributed by atoms with Gasteiger partial charge in [-0.15, -0.1) is 0 Å². The van der Waals surface area contributed by atoms with Crippen molar-refractivity contribution in [2.24, 2.45) is 0 Å². The van der Waals surface area contributed by atoms with Gasteiger partial charge in [0.25, 0.3) is 0 Å². The van der Waals surface area contributed by atoms with Gasteiger partial charge in [0, 0.05) is 19.8 Å². The highest BCUT2D eigenvalue weighted by Gasteiger charge is 2.08. The number of unbranched alkanes of at least 4 members (excludes halogenated alkanes) is 3. The van der Waals surface area contributed by atoms with Gasteiger partial charge in [0.2, 0.25) is 0 Å². The first-order valence-electron chi connectivity index (χ1n) is 8.25. The van der Waals surface area contributed by atoms with Crippen molar-refractivity contribution in [3.8, 4) is 0 Å². The van der Waals surface area contributed by atoms with Crippen LogP contribution in [0, 0.1) is 0 Å². The van der Waals surface area contributed by atoms with E-state index in [1.54, 1.807) is 0 Å². The molecule has 21 heavy (non-hydrogen) atoms. The van der Waals surface area contributed by atoms with Gasteiger partial charge in [0.1, 0.15) is 0 Å². The lowest BCUT2D eigenvalue weighted by Gasteiger charge is -2.15. The number of aryl methyl sites for hydroxylation is 2. The van der Waals surface area contributed by atoms with Crippen LogP contribution in [0.5, 0.6) is 0 Å². The van der Waals surface area contributed by atoms with Crippen LogP contribution in [0.4, 0.5) is 0 Å². The van der Waals surface area contributed by atoms with E-state index in [2.05, 4.69) is 18.2 Å². The van der Waals surface area contributed by atoms with Crippen LogP contribution in [-0.2, 0) is 19.3 Å². The van der Waals surface area contributed by atoms with E-state index in [0.717, 1.165) is 57.8 Å². The van der Waals surface area contributed by atoms with Gasteiger partial charge in [-0.3, -0.25) is 0 Å². The summed E-state index contributed by atoms with van der Waals surface area (Å²) in [6.07, 6.45) is 8.65. The van der Waals surface area contributed by atoms with Gasteiger partial charge in [-0.2, -0.15) is 0 Å². The minimum Gasteiger partial charge on any atom is -0.396 e. The molecule has 0 aliphatic heterocycles. The number of aliphatic hydroxyl groups excluding tert-OH is 3. The number of rotatable bonds is 12. The summed E-state index contributed by atoms with van der Waals surface area (Å²) < 4.78 is 0. The van der Waals surface area contributed by atoms with Crippen LogP contribution in [0.2, 0.25) is 0 Å². The monoisotopic (exact) mass is 294 g/mol. The van der Waals surface area contributed by atoms with E-state index in [9.17, 15) is 0 Å². The Bertz CT molecular complexity index is 348. The van der Waals surface area contributed by atoms with Gasteiger partial charge in [0.05, 0.1) is 0 Å². The topological polar surface area (TPSA) is 60.7 Å². The Morgan fingerprint density at radius 1 is 0.571 bits per heavy atom. The number of benzene rings is 1. The maximum atomic E-state index is 8.97. The van der Waals surface area contributed by atoms with Gasteiger partial charge in [0.15, 0.2) is 0 Å². The van der Waals surface area contributed by atoms with Crippen molar-refractivity contribution in [1.29, 1.82) is 0 Å². The molecule has 0 aromatic heterocycles. The lowest BCUT2D eigenvalue weighted by Crippen LogP contribution is -2.03. The molecular formula is C18H30O3. The normalized spacial score (nSPS) is 11.0. The Kier molecular flexibility index (Phi) is 10.1. The van der Waals surface area contributed by atoms with Gasteiger partial charge in [-0.25, -0.2) is 0 Å². The standard InChI is InChI=1S/C18H30O3/c19-13-4-1-8-16-10-7-11-17(9-2-5-14-20)18(16)12-3-6-15-21/h7,10-11,19-21H,1-6,8-9,12-15H2. The van der Waals surface area contributed by atoms with Crippen LogP contribution >= 0.6 is 0 Å². The zero-order chi connectivity index (χ0) is 15.3. The van der Waals surface area contributed by atoms with Crippen molar-refractivity contribution in [3.05, 3.63) is 34.9 Å². The first kappa shape index (κ1) is 18.1. The molecule has 1 aromatic rings. The van der Waals surface area contributed by atoms with Crippen LogP contribution in [0.25, 0.3) is 0 Å². The summed E-state index contributed by atoms with van der Waals surface area (Å²) in [7, 11) is 0. The average Bonchev–Trinajstić information content (AvgIpc) is 2.50. The third-order valence-corrected chi connectivity index (χ3v) is 3.91. The molecule has 0 saturated heterocycles. The highest BCUT2D eigenvalue weighted by Crippen LogP contribution is 2.21. The molecule has 3 heteroatoms. The molecule has 120 valence electrons. The third kappa shape index (κ3) is 7.07. The summed E-state index contributed by atoms with van der Waals surface area (Å²) in [5.74, 6) is 0. The van der Waals surface area contributed by atoms with E-state index in [-0.39, 0.29) is 19.8 Å².